The predicted molar refractivity (Wildman–Crippen MR) is 143 cm³/mol. The molecule has 1 aromatic heterocycles. The van der Waals surface area contributed by atoms with Gasteiger partial charge in [-0.2, -0.15) is 0 Å². The molecule has 7 nitrogen and oxygen atoms in total. The Balaban J connectivity index is 2.40. The fourth-order valence-corrected chi connectivity index (χ4v) is 5.28. The molecule has 0 aliphatic rings. The first-order chi connectivity index (χ1) is 15.8. The SMILES string of the molecule is CCOC(=O)Cn1c(SC)nc(CC[C@](C)(N[S+]([O-])C(C)(C)C)c2ccc(Cl)cc2)c(Br)c1=O. The third-order valence-corrected chi connectivity index (χ3v) is 8.61. The summed E-state index contributed by atoms with van der Waals surface area (Å²) in [5, 5.41) is 1.04. The van der Waals surface area contributed by atoms with Crippen LogP contribution >= 0.6 is 39.3 Å². The Morgan fingerprint density at radius 2 is 1.91 bits per heavy atom. The average molecular weight is 593 g/mol. The van der Waals surface area contributed by atoms with Gasteiger partial charge in [-0.05, 0) is 87.3 Å². The van der Waals surface area contributed by atoms with E-state index in [-0.39, 0.29) is 18.7 Å². The van der Waals surface area contributed by atoms with Crippen LogP contribution in [0.4, 0.5) is 0 Å². The third kappa shape index (κ3) is 7.48. The minimum atomic E-state index is -1.34. The average Bonchev–Trinajstić information content (AvgIpc) is 2.76. The summed E-state index contributed by atoms with van der Waals surface area (Å²) in [5.74, 6) is -0.495. The van der Waals surface area contributed by atoms with Crippen molar-refractivity contribution in [3.8, 4) is 0 Å². The Morgan fingerprint density at radius 1 is 1.29 bits per heavy atom. The van der Waals surface area contributed by atoms with Crippen LogP contribution in [0.5, 0.6) is 0 Å². The molecule has 11 heteroatoms. The molecule has 0 amide bonds. The van der Waals surface area contributed by atoms with E-state index < -0.39 is 27.6 Å². The summed E-state index contributed by atoms with van der Waals surface area (Å²) in [6.45, 7) is 9.45. The number of halogens is 2. The van der Waals surface area contributed by atoms with E-state index in [1.54, 1.807) is 25.3 Å². The fraction of sp³-hybridized carbons (Fsp3) is 0.522. The van der Waals surface area contributed by atoms with Gasteiger partial charge in [-0.15, -0.1) is 4.72 Å². The van der Waals surface area contributed by atoms with E-state index in [4.69, 9.17) is 16.3 Å². The second-order valence-corrected chi connectivity index (χ2v) is 12.8. The molecule has 188 valence electrons. The van der Waals surface area contributed by atoms with Crippen LogP contribution in [0.25, 0.3) is 0 Å². The number of aromatic nitrogens is 2. The molecule has 1 heterocycles. The Kier molecular flexibility index (Phi) is 10.5. The standard InChI is InChI=1S/C23H31BrClN3O4S2/c1-7-32-18(29)14-28-20(30)19(24)17(26-21(28)33-6)12-13-23(5,27-34(31)22(2,3)4)15-8-10-16(25)11-9-15/h8-11,27H,7,12-14H2,1-6H3/t23-,34?/m0/s1. The highest BCUT2D eigenvalue weighted by Gasteiger charge is 2.37. The predicted octanol–water partition coefficient (Wildman–Crippen LogP) is 4.84. The van der Waals surface area contributed by atoms with Gasteiger partial charge < -0.3 is 9.29 Å². The molecule has 2 rings (SSSR count). The van der Waals surface area contributed by atoms with Gasteiger partial charge in [0.25, 0.3) is 5.56 Å². The van der Waals surface area contributed by atoms with Crippen molar-refractivity contribution in [3.05, 3.63) is 55.4 Å². The van der Waals surface area contributed by atoms with E-state index >= 15 is 0 Å². The maximum absolute atomic E-state index is 13.0. The zero-order valence-corrected chi connectivity index (χ0v) is 24.2. The molecule has 0 spiro atoms. The smallest absolute Gasteiger partial charge is 0.326 e. The van der Waals surface area contributed by atoms with Crippen LogP contribution in [-0.2, 0) is 39.4 Å². The van der Waals surface area contributed by atoms with Gasteiger partial charge in [0.15, 0.2) is 5.16 Å². The van der Waals surface area contributed by atoms with Crippen molar-refractivity contribution in [2.24, 2.45) is 0 Å². The van der Waals surface area contributed by atoms with Crippen LogP contribution in [0, 0.1) is 0 Å². The molecular formula is C23H31BrClN3O4S2. The lowest BCUT2D eigenvalue weighted by molar-refractivity contribution is -0.144. The van der Waals surface area contributed by atoms with Gasteiger partial charge in [0.05, 0.1) is 17.8 Å². The molecule has 2 atom stereocenters. The van der Waals surface area contributed by atoms with Crippen molar-refractivity contribution in [2.45, 2.75) is 69.4 Å². The van der Waals surface area contributed by atoms with Gasteiger partial charge in [-0.3, -0.25) is 14.2 Å². The zero-order chi connectivity index (χ0) is 25.7. The summed E-state index contributed by atoms with van der Waals surface area (Å²) in [4.78, 5) is 29.6. The van der Waals surface area contributed by atoms with Crippen LogP contribution in [0.1, 0.15) is 52.3 Å². The maximum atomic E-state index is 13.0. The highest BCUT2D eigenvalue weighted by Crippen LogP contribution is 2.31. The highest BCUT2D eigenvalue weighted by molar-refractivity contribution is 9.10. The molecule has 1 N–H and O–H groups in total. The van der Waals surface area contributed by atoms with Gasteiger partial charge in [-0.1, -0.05) is 35.5 Å². The molecular weight excluding hydrogens is 562 g/mol. The normalized spacial score (nSPS) is 14.5. The van der Waals surface area contributed by atoms with Crippen molar-refractivity contribution >= 4 is 56.6 Å². The lowest BCUT2D eigenvalue weighted by atomic mass is 9.88. The van der Waals surface area contributed by atoms with Crippen molar-refractivity contribution in [3.63, 3.8) is 0 Å². The second-order valence-electron chi connectivity index (χ2n) is 8.88. The van der Waals surface area contributed by atoms with Crippen molar-refractivity contribution in [2.75, 3.05) is 12.9 Å². The van der Waals surface area contributed by atoms with Gasteiger partial charge >= 0.3 is 5.97 Å². The summed E-state index contributed by atoms with van der Waals surface area (Å²) in [6.07, 6.45) is 2.74. The van der Waals surface area contributed by atoms with Crippen molar-refractivity contribution in [1.82, 2.24) is 14.3 Å². The number of carbonyl (C=O) groups excluding carboxylic acids is 1. The molecule has 0 saturated heterocycles. The molecule has 0 bridgehead atoms. The first-order valence-corrected chi connectivity index (χ1v) is 14.3. The lowest BCUT2D eigenvalue weighted by Crippen LogP contribution is -2.50. The Morgan fingerprint density at radius 3 is 2.44 bits per heavy atom. The number of esters is 1. The quantitative estimate of drug-likeness (QED) is 0.182. The van der Waals surface area contributed by atoms with E-state index in [0.717, 1.165) is 5.56 Å². The van der Waals surface area contributed by atoms with Gasteiger partial charge in [0.2, 0.25) is 0 Å². The summed E-state index contributed by atoms with van der Waals surface area (Å²) in [7, 11) is 0. The van der Waals surface area contributed by atoms with Crippen molar-refractivity contribution < 1.29 is 14.1 Å². The first-order valence-electron chi connectivity index (χ1n) is 10.8. The lowest BCUT2D eigenvalue weighted by Gasteiger charge is -2.35. The van der Waals surface area contributed by atoms with Crippen LogP contribution in [0.15, 0.2) is 38.7 Å². The Bertz CT molecular complexity index is 1060. The summed E-state index contributed by atoms with van der Waals surface area (Å²) in [5.41, 5.74) is 0.467. The molecule has 34 heavy (non-hydrogen) atoms. The molecule has 0 saturated carbocycles. The van der Waals surface area contributed by atoms with E-state index in [2.05, 4.69) is 25.6 Å². The number of nitrogens with one attached hydrogen (secondary N) is 1. The van der Waals surface area contributed by atoms with E-state index in [0.29, 0.717) is 33.2 Å². The molecule has 2 aromatic rings. The molecule has 0 radical (unpaired) electrons. The van der Waals surface area contributed by atoms with Crippen LogP contribution in [0.3, 0.4) is 0 Å². The Labute approximate surface area is 221 Å². The fourth-order valence-electron chi connectivity index (χ4n) is 3.15. The number of nitrogens with zero attached hydrogens (tertiary/aromatic N) is 2. The topological polar surface area (TPSA) is 96.3 Å². The maximum Gasteiger partial charge on any atom is 0.326 e. The molecule has 1 aromatic carbocycles. The van der Waals surface area contributed by atoms with Crippen LogP contribution in [0.2, 0.25) is 5.02 Å². The number of rotatable bonds is 10. The number of hydrogen-bond donors (Lipinski definition) is 1. The monoisotopic (exact) mass is 591 g/mol. The molecule has 0 aliphatic heterocycles. The number of aryl methyl sites for hydroxylation is 1. The second kappa shape index (κ2) is 12.3. The van der Waals surface area contributed by atoms with Crippen LogP contribution < -0.4 is 10.3 Å². The Hall–Kier alpha value is -1.04. The van der Waals surface area contributed by atoms with E-state index in [9.17, 15) is 14.1 Å². The van der Waals surface area contributed by atoms with E-state index in [1.807, 2.05) is 39.8 Å². The first kappa shape index (κ1) is 29.2. The minimum Gasteiger partial charge on any atom is -0.598 e. The van der Waals surface area contributed by atoms with E-state index in [1.165, 1.54) is 16.3 Å². The number of carbonyl (C=O) groups is 1. The highest BCUT2D eigenvalue weighted by atomic mass is 79.9. The third-order valence-electron chi connectivity index (χ3n) is 5.14. The van der Waals surface area contributed by atoms with Gasteiger partial charge in [0.1, 0.15) is 15.8 Å². The zero-order valence-electron chi connectivity index (χ0n) is 20.2. The molecule has 1 unspecified atom stereocenters. The number of benzene rings is 1. The van der Waals surface area contributed by atoms with Gasteiger partial charge in [0, 0.05) is 16.4 Å². The van der Waals surface area contributed by atoms with Crippen LogP contribution in [-0.4, -0.2) is 37.7 Å². The number of ether oxygens (including phenoxy) is 1. The minimum absolute atomic E-state index is 0.205. The number of hydrogen-bond acceptors (Lipinski definition) is 7. The number of thioether (sulfide) groups is 1. The van der Waals surface area contributed by atoms with Crippen molar-refractivity contribution in [1.29, 1.82) is 0 Å². The molecule has 0 fully saturated rings. The molecule has 0 aliphatic carbocycles. The largest absolute Gasteiger partial charge is 0.598 e. The van der Waals surface area contributed by atoms with Gasteiger partial charge in [-0.25, -0.2) is 4.98 Å². The summed E-state index contributed by atoms with van der Waals surface area (Å²) >= 11 is 9.42. The summed E-state index contributed by atoms with van der Waals surface area (Å²) in [6, 6.07) is 7.41. The summed E-state index contributed by atoms with van der Waals surface area (Å²) < 4.78 is 22.4.